The van der Waals surface area contributed by atoms with E-state index in [9.17, 15) is 4.79 Å². The van der Waals surface area contributed by atoms with Crippen molar-refractivity contribution >= 4 is 44.1 Å². The van der Waals surface area contributed by atoms with Crippen LogP contribution in [0.1, 0.15) is 32.4 Å². The van der Waals surface area contributed by atoms with E-state index in [2.05, 4.69) is 80.9 Å². The van der Waals surface area contributed by atoms with Gasteiger partial charge in [0, 0.05) is 31.4 Å². The van der Waals surface area contributed by atoms with Crippen molar-refractivity contribution in [1.29, 1.82) is 0 Å². The largest absolute Gasteiger partial charge is 0.354 e. The minimum Gasteiger partial charge on any atom is -0.354 e. The molecule has 0 aliphatic carbocycles. The Bertz CT molecular complexity index is 1440. The average Bonchev–Trinajstić information content (AvgIpc) is 3.53. The van der Waals surface area contributed by atoms with E-state index in [0.29, 0.717) is 6.54 Å². The molecule has 3 aromatic carbocycles. The predicted molar refractivity (Wildman–Crippen MR) is 134 cm³/mol. The van der Waals surface area contributed by atoms with E-state index in [1.165, 1.54) is 4.88 Å². The molecule has 0 fully saturated rings. The van der Waals surface area contributed by atoms with Crippen LogP contribution in [0.2, 0.25) is 0 Å². The van der Waals surface area contributed by atoms with Gasteiger partial charge in [0.1, 0.15) is 0 Å². The van der Waals surface area contributed by atoms with Crippen LogP contribution in [-0.4, -0.2) is 15.8 Å². The van der Waals surface area contributed by atoms with Crippen LogP contribution in [0, 0.1) is 0 Å². The van der Waals surface area contributed by atoms with Gasteiger partial charge in [-0.1, -0.05) is 70.5 Å². The third-order valence-corrected chi connectivity index (χ3v) is 7.51. The van der Waals surface area contributed by atoms with Crippen LogP contribution < -0.4 is 0 Å². The number of halogens is 1. The first-order valence-electron chi connectivity index (χ1n) is 10.5. The van der Waals surface area contributed by atoms with Gasteiger partial charge in [-0.2, -0.15) is 0 Å². The second-order valence-electron chi connectivity index (χ2n) is 7.97. The van der Waals surface area contributed by atoms with Crippen LogP contribution in [0.4, 0.5) is 0 Å². The summed E-state index contributed by atoms with van der Waals surface area (Å²) in [5.74, 6) is 0.0889. The highest BCUT2D eigenvalue weighted by atomic mass is 79.9. The molecular formula is C27H19BrN2OS. The zero-order valence-electron chi connectivity index (χ0n) is 17.1. The Balaban J connectivity index is 1.61. The number of nitrogens with one attached hydrogen (secondary N) is 1. The zero-order valence-corrected chi connectivity index (χ0v) is 19.5. The van der Waals surface area contributed by atoms with Crippen molar-refractivity contribution in [2.24, 2.45) is 0 Å². The lowest BCUT2D eigenvalue weighted by molar-refractivity contribution is 0.0739. The Labute approximate surface area is 198 Å². The second kappa shape index (κ2) is 7.76. The van der Waals surface area contributed by atoms with Gasteiger partial charge < -0.3 is 9.88 Å². The number of aromatic amines is 1. The molecule has 3 nitrogen and oxygen atoms in total. The molecule has 0 saturated carbocycles. The fourth-order valence-electron chi connectivity index (χ4n) is 4.71. The van der Waals surface area contributed by atoms with Crippen molar-refractivity contribution in [2.45, 2.75) is 12.6 Å². The molecule has 1 atom stereocenters. The lowest BCUT2D eigenvalue weighted by Gasteiger charge is -2.26. The molecule has 1 N–H and O–H groups in total. The number of carbonyl (C=O) groups is 1. The third-order valence-electron chi connectivity index (χ3n) is 6.12. The number of thiophene rings is 1. The number of rotatable bonds is 4. The molecular weight excluding hydrogens is 480 g/mol. The van der Waals surface area contributed by atoms with Crippen molar-refractivity contribution in [3.05, 3.63) is 116 Å². The number of hydrogen-bond acceptors (Lipinski definition) is 2. The summed E-state index contributed by atoms with van der Waals surface area (Å²) in [4.78, 5) is 20.4. The maximum absolute atomic E-state index is 13.6. The SMILES string of the molecule is O=C1c2ccccc2[C@@H](c2c(-c3ccc(Br)cc3)[nH]c3ccccc23)N1Cc1cccs1. The van der Waals surface area contributed by atoms with E-state index >= 15 is 0 Å². The normalized spacial score (nSPS) is 15.5. The lowest BCUT2D eigenvalue weighted by atomic mass is 9.93. The zero-order chi connectivity index (χ0) is 21.7. The smallest absolute Gasteiger partial charge is 0.255 e. The number of para-hydroxylation sites is 1. The van der Waals surface area contributed by atoms with Crippen molar-refractivity contribution in [1.82, 2.24) is 9.88 Å². The van der Waals surface area contributed by atoms with Gasteiger partial charge in [0.2, 0.25) is 0 Å². The number of H-pyrrole nitrogens is 1. The Morgan fingerprint density at radius 1 is 0.906 bits per heavy atom. The van der Waals surface area contributed by atoms with Crippen molar-refractivity contribution in [3.8, 4) is 11.3 Å². The summed E-state index contributed by atoms with van der Waals surface area (Å²) in [6.07, 6.45) is 0. The topological polar surface area (TPSA) is 36.1 Å². The number of benzene rings is 3. The van der Waals surface area contributed by atoms with Gasteiger partial charge in [-0.25, -0.2) is 0 Å². The van der Waals surface area contributed by atoms with Crippen LogP contribution in [0.15, 0.2) is 94.8 Å². The quantitative estimate of drug-likeness (QED) is 0.275. The van der Waals surface area contributed by atoms with E-state index in [-0.39, 0.29) is 11.9 Å². The molecule has 0 bridgehead atoms. The standard InChI is InChI=1S/C27H19BrN2OS/c28-18-13-11-17(12-14-18)25-24(22-9-3-4-10-23(22)29-25)26-20-7-1-2-8-21(20)27(31)30(26)16-19-6-5-15-32-19/h1-15,26,29H,16H2/t26-/m0/s1. The van der Waals surface area contributed by atoms with Crippen molar-refractivity contribution < 1.29 is 4.79 Å². The molecule has 6 rings (SSSR count). The first-order chi connectivity index (χ1) is 15.7. The van der Waals surface area contributed by atoms with Crippen LogP contribution in [0.3, 0.4) is 0 Å². The molecule has 0 spiro atoms. The minimum absolute atomic E-state index is 0.0889. The number of nitrogens with zero attached hydrogens (tertiary/aromatic N) is 1. The van der Waals surface area contributed by atoms with Gasteiger partial charge in [-0.3, -0.25) is 4.79 Å². The molecule has 0 radical (unpaired) electrons. The monoisotopic (exact) mass is 498 g/mol. The van der Waals surface area contributed by atoms with E-state index in [1.807, 2.05) is 35.2 Å². The first-order valence-corrected chi connectivity index (χ1v) is 12.2. The van der Waals surface area contributed by atoms with Crippen LogP contribution in [0.5, 0.6) is 0 Å². The highest BCUT2D eigenvalue weighted by Gasteiger charge is 2.40. The second-order valence-corrected chi connectivity index (χ2v) is 9.92. The van der Waals surface area contributed by atoms with Gasteiger partial charge in [0.25, 0.3) is 5.91 Å². The van der Waals surface area contributed by atoms with Gasteiger partial charge >= 0.3 is 0 Å². The summed E-state index contributed by atoms with van der Waals surface area (Å²) in [5, 5.41) is 3.22. The molecule has 0 unspecified atom stereocenters. The minimum atomic E-state index is -0.157. The average molecular weight is 499 g/mol. The van der Waals surface area contributed by atoms with Gasteiger partial charge in [0.15, 0.2) is 0 Å². The molecule has 32 heavy (non-hydrogen) atoms. The van der Waals surface area contributed by atoms with Crippen LogP contribution in [0.25, 0.3) is 22.2 Å². The van der Waals surface area contributed by atoms with Crippen LogP contribution in [-0.2, 0) is 6.54 Å². The summed E-state index contributed by atoms with van der Waals surface area (Å²) < 4.78 is 1.04. The van der Waals surface area contributed by atoms with Crippen LogP contribution >= 0.6 is 27.3 Å². The molecule has 156 valence electrons. The van der Waals surface area contributed by atoms with E-state index in [4.69, 9.17) is 0 Å². The number of aromatic nitrogens is 1. The first kappa shape index (κ1) is 19.5. The maximum atomic E-state index is 13.6. The third kappa shape index (κ3) is 3.12. The fraction of sp³-hybridized carbons (Fsp3) is 0.0741. The van der Waals surface area contributed by atoms with E-state index < -0.39 is 0 Å². The van der Waals surface area contributed by atoms with Crippen molar-refractivity contribution in [3.63, 3.8) is 0 Å². The highest BCUT2D eigenvalue weighted by Crippen LogP contribution is 2.46. The molecule has 2 aromatic heterocycles. The summed E-state index contributed by atoms with van der Waals surface area (Å²) in [6, 6.07) is 28.7. The van der Waals surface area contributed by atoms with Gasteiger partial charge in [-0.05, 0) is 46.8 Å². The van der Waals surface area contributed by atoms with E-state index in [0.717, 1.165) is 43.3 Å². The number of amides is 1. The Morgan fingerprint density at radius 3 is 2.50 bits per heavy atom. The molecule has 5 heteroatoms. The Hall–Kier alpha value is -3.15. The summed E-state index contributed by atoms with van der Waals surface area (Å²) in [5.41, 5.74) is 6.25. The Morgan fingerprint density at radius 2 is 1.69 bits per heavy atom. The summed E-state index contributed by atoms with van der Waals surface area (Å²) in [7, 11) is 0. The number of hydrogen-bond donors (Lipinski definition) is 1. The summed E-state index contributed by atoms with van der Waals surface area (Å²) in [6.45, 7) is 0.592. The molecule has 1 amide bonds. The molecule has 1 aliphatic heterocycles. The predicted octanol–water partition coefficient (Wildman–Crippen LogP) is 7.40. The highest BCUT2D eigenvalue weighted by molar-refractivity contribution is 9.10. The molecule has 0 saturated heterocycles. The number of carbonyl (C=O) groups excluding carboxylic acids is 1. The van der Waals surface area contributed by atoms with E-state index in [1.54, 1.807) is 11.3 Å². The number of fused-ring (bicyclic) bond motifs is 2. The molecule has 1 aliphatic rings. The maximum Gasteiger partial charge on any atom is 0.255 e. The van der Waals surface area contributed by atoms with Gasteiger partial charge in [0.05, 0.1) is 18.3 Å². The molecule has 3 heterocycles. The Kier molecular flexibility index (Phi) is 4.74. The van der Waals surface area contributed by atoms with Gasteiger partial charge in [-0.15, -0.1) is 11.3 Å². The van der Waals surface area contributed by atoms with Crippen molar-refractivity contribution in [2.75, 3.05) is 0 Å². The molecule has 5 aromatic rings. The fourth-order valence-corrected chi connectivity index (χ4v) is 5.67. The lowest BCUT2D eigenvalue weighted by Crippen LogP contribution is -2.28. The summed E-state index contributed by atoms with van der Waals surface area (Å²) >= 11 is 5.24.